The molecule has 0 aliphatic heterocycles. The molecule has 4 nitrogen and oxygen atoms in total. The molecule has 0 aliphatic rings. The summed E-state index contributed by atoms with van der Waals surface area (Å²) in [5.74, 6) is -0.263. The van der Waals surface area contributed by atoms with E-state index in [0.29, 0.717) is 22.0 Å². The van der Waals surface area contributed by atoms with E-state index in [1.807, 2.05) is 24.3 Å². The predicted molar refractivity (Wildman–Crippen MR) is 85.6 cm³/mol. The summed E-state index contributed by atoms with van der Waals surface area (Å²) >= 11 is 5.92. The number of aromatic nitrogens is 1. The summed E-state index contributed by atoms with van der Waals surface area (Å²) in [4.78, 5) is 16.4. The molecule has 104 valence electrons. The second-order valence-corrected chi connectivity index (χ2v) is 5.07. The number of anilines is 2. The number of nitrogens with two attached hydrogens (primary N) is 1. The fourth-order valence-corrected chi connectivity index (χ4v) is 2.40. The highest BCUT2D eigenvalue weighted by Crippen LogP contribution is 2.23. The van der Waals surface area contributed by atoms with Gasteiger partial charge in [-0.25, -0.2) is 0 Å². The summed E-state index contributed by atoms with van der Waals surface area (Å²) in [7, 11) is 0. The number of nitrogen functional groups attached to an aromatic ring is 1. The molecule has 0 unspecified atom stereocenters. The van der Waals surface area contributed by atoms with Gasteiger partial charge in [0.15, 0.2) is 0 Å². The molecule has 0 bridgehead atoms. The second kappa shape index (κ2) is 5.42. The summed E-state index contributed by atoms with van der Waals surface area (Å²) in [6, 6.07) is 12.3. The molecule has 3 N–H and O–H groups in total. The van der Waals surface area contributed by atoms with Crippen molar-refractivity contribution in [2.75, 3.05) is 11.1 Å². The highest BCUT2D eigenvalue weighted by Gasteiger charge is 2.10. The molecule has 1 aromatic heterocycles. The van der Waals surface area contributed by atoms with E-state index in [4.69, 9.17) is 17.3 Å². The van der Waals surface area contributed by atoms with E-state index in [1.165, 1.54) is 0 Å². The van der Waals surface area contributed by atoms with Crippen LogP contribution in [-0.4, -0.2) is 10.9 Å². The van der Waals surface area contributed by atoms with Gasteiger partial charge < -0.3 is 11.1 Å². The number of rotatable bonds is 2. The van der Waals surface area contributed by atoms with Gasteiger partial charge in [-0.2, -0.15) is 0 Å². The number of amides is 1. The van der Waals surface area contributed by atoms with Gasteiger partial charge in [0.25, 0.3) is 5.91 Å². The molecule has 0 fully saturated rings. The van der Waals surface area contributed by atoms with Gasteiger partial charge in [-0.1, -0.05) is 23.7 Å². The fourth-order valence-electron chi connectivity index (χ4n) is 2.16. The molecular formula is C16H12ClN3O. The molecule has 21 heavy (non-hydrogen) atoms. The number of hydrogen-bond donors (Lipinski definition) is 2. The van der Waals surface area contributed by atoms with Crippen LogP contribution in [0.4, 0.5) is 11.4 Å². The highest BCUT2D eigenvalue weighted by molar-refractivity contribution is 6.31. The average Bonchev–Trinajstić information content (AvgIpc) is 2.46. The third-order valence-electron chi connectivity index (χ3n) is 3.11. The van der Waals surface area contributed by atoms with Gasteiger partial charge in [0, 0.05) is 34.1 Å². The van der Waals surface area contributed by atoms with Crippen molar-refractivity contribution in [2.45, 2.75) is 0 Å². The average molecular weight is 298 g/mol. The number of hydrogen-bond acceptors (Lipinski definition) is 3. The molecule has 0 aliphatic carbocycles. The zero-order valence-corrected chi connectivity index (χ0v) is 11.8. The minimum Gasteiger partial charge on any atom is -0.399 e. The molecule has 0 saturated heterocycles. The maximum Gasteiger partial charge on any atom is 0.255 e. The molecule has 1 amide bonds. The molecule has 1 heterocycles. The zero-order valence-electron chi connectivity index (χ0n) is 11.0. The van der Waals surface area contributed by atoms with Crippen LogP contribution in [-0.2, 0) is 0 Å². The fraction of sp³-hybridized carbons (Fsp3) is 0. The van der Waals surface area contributed by atoms with Crippen LogP contribution in [0, 0.1) is 0 Å². The number of pyridine rings is 1. The van der Waals surface area contributed by atoms with Crippen LogP contribution < -0.4 is 11.1 Å². The summed E-state index contributed by atoms with van der Waals surface area (Å²) in [5.41, 5.74) is 7.27. The van der Waals surface area contributed by atoms with Crippen molar-refractivity contribution in [3.8, 4) is 0 Å². The van der Waals surface area contributed by atoms with Crippen LogP contribution in [0.1, 0.15) is 10.4 Å². The van der Waals surface area contributed by atoms with Crippen molar-refractivity contribution in [1.82, 2.24) is 4.98 Å². The number of halogens is 1. The van der Waals surface area contributed by atoms with Crippen molar-refractivity contribution in [2.24, 2.45) is 0 Å². The SMILES string of the molecule is Nc1cc(Cl)cc(C(=O)Nc2cccc3ccncc23)c1. The molecule has 0 radical (unpaired) electrons. The topological polar surface area (TPSA) is 68.0 Å². The Kier molecular flexibility index (Phi) is 3.46. The lowest BCUT2D eigenvalue weighted by molar-refractivity contribution is 0.102. The van der Waals surface area contributed by atoms with Crippen molar-refractivity contribution in [1.29, 1.82) is 0 Å². The lowest BCUT2D eigenvalue weighted by atomic mass is 10.1. The maximum absolute atomic E-state index is 12.3. The maximum atomic E-state index is 12.3. The third kappa shape index (κ3) is 2.80. The first-order chi connectivity index (χ1) is 10.1. The van der Waals surface area contributed by atoms with E-state index in [9.17, 15) is 4.79 Å². The van der Waals surface area contributed by atoms with Gasteiger partial charge >= 0.3 is 0 Å². The molecule has 5 heteroatoms. The normalized spacial score (nSPS) is 10.5. The van der Waals surface area contributed by atoms with Crippen molar-refractivity contribution in [3.05, 3.63) is 65.4 Å². The van der Waals surface area contributed by atoms with E-state index in [-0.39, 0.29) is 5.91 Å². The Morgan fingerprint density at radius 3 is 2.86 bits per heavy atom. The van der Waals surface area contributed by atoms with Crippen LogP contribution >= 0.6 is 11.6 Å². The Labute approximate surface area is 126 Å². The Morgan fingerprint density at radius 1 is 1.19 bits per heavy atom. The minimum atomic E-state index is -0.263. The Hall–Kier alpha value is -2.59. The third-order valence-corrected chi connectivity index (χ3v) is 3.33. The molecule has 3 aromatic rings. The monoisotopic (exact) mass is 297 g/mol. The first kappa shape index (κ1) is 13.4. The van der Waals surface area contributed by atoms with E-state index in [2.05, 4.69) is 10.3 Å². The molecule has 3 rings (SSSR count). The summed E-state index contributed by atoms with van der Waals surface area (Å²) in [6.45, 7) is 0. The quantitative estimate of drug-likeness (QED) is 0.708. The van der Waals surface area contributed by atoms with Gasteiger partial charge in [-0.05, 0) is 35.7 Å². The number of carbonyl (C=O) groups excluding carboxylic acids is 1. The smallest absolute Gasteiger partial charge is 0.255 e. The first-order valence-electron chi connectivity index (χ1n) is 6.33. The lowest BCUT2D eigenvalue weighted by Crippen LogP contribution is -2.12. The van der Waals surface area contributed by atoms with Crippen LogP contribution in [0.25, 0.3) is 10.8 Å². The van der Waals surface area contributed by atoms with Crippen LogP contribution in [0.2, 0.25) is 5.02 Å². The van der Waals surface area contributed by atoms with Crippen LogP contribution in [0.3, 0.4) is 0 Å². The van der Waals surface area contributed by atoms with Crippen LogP contribution in [0.15, 0.2) is 54.9 Å². The molecule has 2 aromatic carbocycles. The molecular weight excluding hydrogens is 286 g/mol. The number of nitrogens with zero attached hydrogens (tertiary/aromatic N) is 1. The number of fused-ring (bicyclic) bond motifs is 1. The van der Waals surface area contributed by atoms with Gasteiger partial charge in [0.2, 0.25) is 0 Å². The largest absolute Gasteiger partial charge is 0.399 e. The minimum absolute atomic E-state index is 0.263. The lowest BCUT2D eigenvalue weighted by Gasteiger charge is -2.09. The van der Waals surface area contributed by atoms with Crippen molar-refractivity contribution in [3.63, 3.8) is 0 Å². The molecule has 0 spiro atoms. The number of carbonyl (C=O) groups is 1. The van der Waals surface area contributed by atoms with Gasteiger partial charge in [-0.15, -0.1) is 0 Å². The molecule has 0 saturated carbocycles. The first-order valence-corrected chi connectivity index (χ1v) is 6.71. The van der Waals surface area contributed by atoms with Gasteiger partial charge in [0.1, 0.15) is 0 Å². The standard InChI is InChI=1S/C16H12ClN3O/c17-12-6-11(7-13(18)8-12)16(21)20-15-3-1-2-10-4-5-19-9-14(10)15/h1-9H,18H2,(H,20,21). The second-order valence-electron chi connectivity index (χ2n) is 4.63. The van der Waals surface area contributed by atoms with E-state index >= 15 is 0 Å². The molecule has 0 atom stereocenters. The summed E-state index contributed by atoms with van der Waals surface area (Å²) in [5, 5.41) is 5.18. The number of benzene rings is 2. The van der Waals surface area contributed by atoms with Crippen molar-refractivity contribution >= 4 is 39.7 Å². The Morgan fingerprint density at radius 2 is 2.05 bits per heavy atom. The highest BCUT2D eigenvalue weighted by atomic mass is 35.5. The zero-order chi connectivity index (χ0) is 14.8. The van der Waals surface area contributed by atoms with Crippen LogP contribution in [0.5, 0.6) is 0 Å². The van der Waals surface area contributed by atoms with Gasteiger partial charge in [-0.3, -0.25) is 9.78 Å². The summed E-state index contributed by atoms with van der Waals surface area (Å²) in [6.07, 6.45) is 3.43. The predicted octanol–water partition coefficient (Wildman–Crippen LogP) is 3.72. The van der Waals surface area contributed by atoms with Crippen molar-refractivity contribution < 1.29 is 4.79 Å². The van der Waals surface area contributed by atoms with E-state index in [0.717, 1.165) is 10.8 Å². The number of nitrogens with one attached hydrogen (secondary N) is 1. The Bertz CT molecular complexity index is 807. The summed E-state index contributed by atoms with van der Waals surface area (Å²) < 4.78 is 0. The van der Waals surface area contributed by atoms with E-state index < -0.39 is 0 Å². The van der Waals surface area contributed by atoms with Gasteiger partial charge in [0.05, 0.1) is 5.69 Å². The van der Waals surface area contributed by atoms with E-state index in [1.54, 1.807) is 30.6 Å². The Balaban J connectivity index is 1.96.